The van der Waals surface area contributed by atoms with E-state index in [2.05, 4.69) is 15.6 Å². The first-order valence-electron chi connectivity index (χ1n) is 9.29. The summed E-state index contributed by atoms with van der Waals surface area (Å²) in [6, 6.07) is 21.0. The molecule has 2 aromatic carbocycles. The molecule has 6 nitrogen and oxygen atoms in total. The zero-order chi connectivity index (χ0) is 20.2. The van der Waals surface area contributed by atoms with Crippen LogP contribution in [0.1, 0.15) is 34.6 Å². The van der Waals surface area contributed by atoms with Crippen LogP contribution in [0, 0.1) is 0 Å². The van der Waals surface area contributed by atoms with Crippen LogP contribution in [0.4, 0.5) is 0 Å². The molecule has 0 saturated heterocycles. The number of amides is 1. The highest BCUT2D eigenvalue weighted by molar-refractivity contribution is 6.31. The van der Waals surface area contributed by atoms with Gasteiger partial charge in [0, 0.05) is 17.4 Å². The molecule has 0 radical (unpaired) electrons. The largest absolute Gasteiger partial charge is 0.344 e. The van der Waals surface area contributed by atoms with Crippen molar-refractivity contribution in [2.45, 2.75) is 19.5 Å². The molecule has 1 N–H and O–H groups in total. The lowest BCUT2D eigenvalue weighted by Gasteiger charge is -2.14. The second-order valence-electron chi connectivity index (χ2n) is 6.71. The van der Waals surface area contributed by atoms with E-state index in [1.165, 1.54) is 0 Å². The highest BCUT2D eigenvalue weighted by Gasteiger charge is 2.23. The van der Waals surface area contributed by atoms with Crippen molar-refractivity contribution >= 4 is 17.5 Å². The maximum Gasteiger partial charge on any atom is 0.276 e. The number of aromatic nitrogens is 4. The van der Waals surface area contributed by atoms with E-state index < -0.39 is 0 Å². The summed E-state index contributed by atoms with van der Waals surface area (Å²) in [5.41, 5.74) is 2.18. The van der Waals surface area contributed by atoms with E-state index in [1.807, 2.05) is 90.6 Å². The second-order valence-corrected chi connectivity index (χ2v) is 7.11. The highest BCUT2D eigenvalue weighted by Crippen LogP contribution is 2.20. The van der Waals surface area contributed by atoms with Crippen molar-refractivity contribution in [2.75, 3.05) is 0 Å². The number of nitrogens with one attached hydrogen (secondary N) is 1. The van der Waals surface area contributed by atoms with Crippen LogP contribution in [0.15, 0.2) is 79.1 Å². The van der Waals surface area contributed by atoms with Crippen LogP contribution < -0.4 is 5.32 Å². The molecule has 0 spiro atoms. The maximum atomic E-state index is 13.0. The molecular formula is C22H20ClN5O. The number of carbonyl (C=O) groups is 1. The summed E-state index contributed by atoms with van der Waals surface area (Å²) >= 11 is 6.31. The molecule has 4 aromatic rings. The van der Waals surface area contributed by atoms with Gasteiger partial charge in [0.25, 0.3) is 5.91 Å². The molecule has 0 bridgehead atoms. The Labute approximate surface area is 173 Å². The van der Waals surface area contributed by atoms with Crippen molar-refractivity contribution < 1.29 is 4.79 Å². The minimum Gasteiger partial charge on any atom is -0.344 e. The molecule has 0 aliphatic heterocycles. The molecule has 0 fully saturated rings. The van der Waals surface area contributed by atoms with Crippen LogP contribution in [0.3, 0.4) is 0 Å². The van der Waals surface area contributed by atoms with E-state index in [1.54, 1.807) is 4.68 Å². The number of carbonyl (C=O) groups excluding carboxylic acids is 1. The van der Waals surface area contributed by atoms with E-state index in [9.17, 15) is 4.79 Å². The molecule has 2 aromatic heterocycles. The summed E-state index contributed by atoms with van der Waals surface area (Å²) < 4.78 is 3.52. The first-order chi connectivity index (χ1) is 14.1. The molecule has 146 valence electrons. The Morgan fingerprint density at radius 3 is 2.45 bits per heavy atom. The third-order valence-corrected chi connectivity index (χ3v) is 5.07. The summed E-state index contributed by atoms with van der Waals surface area (Å²) in [7, 11) is 0. The van der Waals surface area contributed by atoms with Gasteiger partial charge in [0.2, 0.25) is 0 Å². The summed E-state index contributed by atoms with van der Waals surface area (Å²) in [5, 5.41) is 12.1. The number of rotatable bonds is 6. The van der Waals surface area contributed by atoms with Crippen molar-refractivity contribution in [1.29, 1.82) is 0 Å². The van der Waals surface area contributed by atoms with Crippen LogP contribution in [0.2, 0.25) is 5.02 Å². The Kier molecular flexibility index (Phi) is 5.44. The van der Waals surface area contributed by atoms with Crippen molar-refractivity contribution in [1.82, 2.24) is 24.9 Å². The van der Waals surface area contributed by atoms with E-state index in [0.717, 1.165) is 11.1 Å². The number of halogens is 1. The van der Waals surface area contributed by atoms with Gasteiger partial charge in [-0.25, -0.2) is 4.68 Å². The molecule has 1 amide bonds. The molecule has 1 atom stereocenters. The minimum atomic E-state index is -0.282. The van der Waals surface area contributed by atoms with Gasteiger partial charge in [-0.05, 0) is 36.2 Å². The smallest absolute Gasteiger partial charge is 0.276 e. The minimum absolute atomic E-state index is 0.157. The average Bonchev–Trinajstić information content (AvgIpc) is 3.40. The quantitative estimate of drug-likeness (QED) is 0.521. The highest BCUT2D eigenvalue weighted by atomic mass is 35.5. The Hall–Kier alpha value is -3.38. The molecule has 0 aliphatic rings. The van der Waals surface area contributed by atoms with Crippen LogP contribution in [-0.4, -0.2) is 25.5 Å². The fraction of sp³-hybridized carbons (Fsp3) is 0.136. The SMILES string of the molecule is CC(NC(=O)c1nnn(Cc2ccccc2Cl)c1-n1cccc1)c1ccccc1. The third-order valence-electron chi connectivity index (χ3n) is 4.70. The van der Waals surface area contributed by atoms with Gasteiger partial charge in [-0.3, -0.25) is 4.79 Å². The Bertz CT molecular complexity index is 1110. The Balaban J connectivity index is 1.66. The van der Waals surface area contributed by atoms with Crippen LogP contribution in [0.5, 0.6) is 0 Å². The first-order valence-corrected chi connectivity index (χ1v) is 9.67. The van der Waals surface area contributed by atoms with Gasteiger partial charge in [-0.2, -0.15) is 0 Å². The summed E-state index contributed by atoms with van der Waals surface area (Å²) in [6.07, 6.45) is 3.72. The van der Waals surface area contributed by atoms with E-state index in [-0.39, 0.29) is 17.6 Å². The summed E-state index contributed by atoms with van der Waals surface area (Å²) in [4.78, 5) is 13.0. The van der Waals surface area contributed by atoms with Crippen LogP contribution >= 0.6 is 11.6 Å². The topological polar surface area (TPSA) is 64.7 Å². The van der Waals surface area contributed by atoms with Gasteiger partial charge in [0.15, 0.2) is 11.5 Å². The molecule has 29 heavy (non-hydrogen) atoms. The van der Waals surface area contributed by atoms with E-state index in [4.69, 9.17) is 11.6 Å². The van der Waals surface area contributed by atoms with Crippen molar-refractivity contribution in [3.63, 3.8) is 0 Å². The van der Waals surface area contributed by atoms with Gasteiger partial charge in [0.1, 0.15) is 0 Å². The summed E-state index contributed by atoms with van der Waals surface area (Å²) in [6.45, 7) is 2.35. The molecule has 7 heteroatoms. The van der Waals surface area contributed by atoms with Gasteiger partial charge in [-0.1, -0.05) is 65.3 Å². The van der Waals surface area contributed by atoms with E-state index >= 15 is 0 Å². The second kappa shape index (κ2) is 8.32. The molecule has 1 unspecified atom stereocenters. The predicted molar refractivity (Wildman–Crippen MR) is 112 cm³/mol. The Morgan fingerprint density at radius 2 is 1.72 bits per heavy atom. The van der Waals surface area contributed by atoms with Crippen LogP contribution in [0.25, 0.3) is 5.82 Å². The zero-order valence-electron chi connectivity index (χ0n) is 15.9. The molecular weight excluding hydrogens is 386 g/mol. The number of benzene rings is 2. The van der Waals surface area contributed by atoms with Gasteiger partial charge in [-0.15, -0.1) is 5.10 Å². The Morgan fingerprint density at radius 1 is 1.03 bits per heavy atom. The summed E-state index contributed by atoms with van der Waals surface area (Å²) in [5.74, 6) is 0.308. The number of hydrogen-bond acceptors (Lipinski definition) is 3. The average molecular weight is 406 g/mol. The molecule has 0 saturated carbocycles. The zero-order valence-corrected chi connectivity index (χ0v) is 16.6. The van der Waals surface area contributed by atoms with Gasteiger partial charge in [0.05, 0.1) is 12.6 Å². The molecule has 4 rings (SSSR count). The van der Waals surface area contributed by atoms with Crippen LogP contribution in [-0.2, 0) is 6.54 Å². The normalized spacial score (nSPS) is 11.9. The third kappa shape index (κ3) is 4.07. The fourth-order valence-corrected chi connectivity index (χ4v) is 3.37. The van der Waals surface area contributed by atoms with E-state index in [0.29, 0.717) is 17.4 Å². The molecule has 0 aliphatic carbocycles. The monoisotopic (exact) mass is 405 g/mol. The van der Waals surface area contributed by atoms with Crippen molar-refractivity contribution in [2.24, 2.45) is 0 Å². The lowest BCUT2D eigenvalue weighted by Crippen LogP contribution is -2.28. The van der Waals surface area contributed by atoms with Gasteiger partial charge >= 0.3 is 0 Å². The number of hydrogen-bond donors (Lipinski definition) is 1. The van der Waals surface area contributed by atoms with Gasteiger partial charge < -0.3 is 9.88 Å². The standard InChI is InChI=1S/C22H20ClN5O/c1-16(17-9-3-2-4-10-17)24-21(29)20-22(27-13-7-8-14-27)28(26-25-20)15-18-11-5-6-12-19(18)23/h2-14,16H,15H2,1H3,(H,24,29). The van der Waals surface area contributed by atoms with Crippen molar-refractivity contribution in [3.05, 3.63) is 101 Å². The van der Waals surface area contributed by atoms with Crippen molar-refractivity contribution in [3.8, 4) is 5.82 Å². The lowest BCUT2D eigenvalue weighted by atomic mass is 10.1. The fourth-order valence-electron chi connectivity index (χ4n) is 3.17. The molecule has 2 heterocycles. The predicted octanol–water partition coefficient (Wildman–Crippen LogP) is 4.26. The maximum absolute atomic E-state index is 13.0. The lowest BCUT2D eigenvalue weighted by molar-refractivity contribution is 0.0934. The number of nitrogens with zero attached hydrogens (tertiary/aromatic N) is 4. The first kappa shape index (κ1) is 19.0.